The van der Waals surface area contributed by atoms with Crippen molar-refractivity contribution in [3.8, 4) is 0 Å². The van der Waals surface area contributed by atoms with E-state index in [0.29, 0.717) is 29.4 Å². The maximum Gasteiger partial charge on any atom is 0.323 e. The molecule has 3 N–H and O–H groups in total. The zero-order chi connectivity index (χ0) is 23.8. The van der Waals surface area contributed by atoms with Gasteiger partial charge in [0.15, 0.2) is 0 Å². The quantitative estimate of drug-likeness (QED) is 0.569. The summed E-state index contributed by atoms with van der Waals surface area (Å²) in [6, 6.07) is 12.8. The third-order valence-corrected chi connectivity index (χ3v) is 5.63. The second-order valence-electron chi connectivity index (χ2n) is 8.69. The summed E-state index contributed by atoms with van der Waals surface area (Å²) in [7, 11) is 3.78. The molecule has 8 nitrogen and oxygen atoms in total. The standard InChI is InChI=1S/C25H35N5O3/c1-18(2)19-5-7-20(8-6-19)27-25(32)28-21-9-10-23(29(3)4)22(17-21)24(31)26-11-12-30-13-15-33-16-14-30/h5-10,17-18H,11-16H2,1-4H3,(H,26,31)(H2,27,28,32). The van der Waals surface area contributed by atoms with Crippen molar-refractivity contribution >= 4 is 29.0 Å². The molecule has 2 aromatic carbocycles. The van der Waals surface area contributed by atoms with Crippen LogP contribution in [0.4, 0.5) is 21.9 Å². The molecule has 3 rings (SSSR count). The zero-order valence-corrected chi connectivity index (χ0v) is 20.0. The lowest BCUT2D eigenvalue weighted by atomic mass is 10.0. The van der Waals surface area contributed by atoms with Crippen LogP contribution >= 0.6 is 0 Å². The number of nitrogens with zero attached hydrogens (tertiary/aromatic N) is 2. The number of anilines is 3. The van der Waals surface area contributed by atoms with Crippen molar-refractivity contribution in [3.05, 3.63) is 53.6 Å². The SMILES string of the molecule is CC(C)c1ccc(NC(=O)Nc2ccc(N(C)C)c(C(=O)NCCN3CCOCC3)c2)cc1. The number of nitrogens with one attached hydrogen (secondary N) is 3. The number of hydrogen-bond donors (Lipinski definition) is 3. The van der Waals surface area contributed by atoms with Gasteiger partial charge in [-0.05, 0) is 41.8 Å². The Balaban J connectivity index is 1.62. The largest absolute Gasteiger partial charge is 0.379 e. The summed E-state index contributed by atoms with van der Waals surface area (Å²) < 4.78 is 5.36. The highest BCUT2D eigenvalue weighted by molar-refractivity contribution is 6.03. The fraction of sp³-hybridized carbons (Fsp3) is 0.440. The Hall–Kier alpha value is -3.10. The van der Waals surface area contributed by atoms with Crippen LogP contribution in [0.15, 0.2) is 42.5 Å². The second-order valence-corrected chi connectivity index (χ2v) is 8.69. The van der Waals surface area contributed by atoms with Crippen LogP contribution < -0.4 is 20.9 Å². The fourth-order valence-electron chi connectivity index (χ4n) is 3.68. The van der Waals surface area contributed by atoms with E-state index in [2.05, 4.69) is 34.7 Å². The number of benzene rings is 2. The number of morpholine rings is 1. The van der Waals surface area contributed by atoms with Gasteiger partial charge in [-0.3, -0.25) is 9.69 Å². The normalized spacial score (nSPS) is 14.1. The van der Waals surface area contributed by atoms with E-state index < -0.39 is 0 Å². The molecule has 0 spiro atoms. The number of rotatable bonds is 8. The first-order valence-corrected chi connectivity index (χ1v) is 11.4. The van der Waals surface area contributed by atoms with E-state index in [0.717, 1.165) is 38.5 Å². The Morgan fingerprint density at radius 1 is 1.00 bits per heavy atom. The van der Waals surface area contributed by atoms with Crippen LogP contribution in [0.2, 0.25) is 0 Å². The average Bonchev–Trinajstić information content (AvgIpc) is 2.79. The van der Waals surface area contributed by atoms with Crippen LogP contribution in [-0.2, 0) is 4.74 Å². The molecule has 33 heavy (non-hydrogen) atoms. The average molecular weight is 454 g/mol. The van der Waals surface area contributed by atoms with Crippen molar-refractivity contribution in [1.29, 1.82) is 0 Å². The van der Waals surface area contributed by atoms with Crippen LogP contribution in [0.3, 0.4) is 0 Å². The molecule has 1 aliphatic rings. The zero-order valence-electron chi connectivity index (χ0n) is 20.0. The number of carbonyl (C=O) groups excluding carboxylic acids is 2. The molecule has 0 unspecified atom stereocenters. The molecule has 0 radical (unpaired) electrons. The van der Waals surface area contributed by atoms with Gasteiger partial charge in [-0.15, -0.1) is 0 Å². The molecule has 1 saturated heterocycles. The minimum Gasteiger partial charge on any atom is -0.379 e. The Bertz CT molecular complexity index is 938. The predicted molar refractivity (Wildman–Crippen MR) is 134 cm³/mol. The van der Waals surface area contributed by atoms with Crippen LogP contribution in [0.5, 0.6) is 0 Å². The highest BCUT2D eigenvalue weighted by atomic mass is 16.5. The van der Waals surface area contributed by atoms with Gasteiger partial charge in [0.05, 0.1) is 18.8 Å². The van der Waals surface area contributed by atoms with Crippen molar-refractivity contribution < 1.29 is 14.3 Å². The van der Waals surface area contributed by atoms with Gasteiger partial charge in [0.1, 0.15) is 0 Å². The molecule has 0 aliphatic carbocycles. The van der Waals surface area contributed by atoms with Gasteiger partial charge in [0.25, 0.3) is 5.91 Å². The minimum atomic E-state index is -0.358. The van der Waals surface area contributed by atoms with E-state index in [1.54, 1.807) is 12.1 Å². The van der Waals surface area contributed by atoms with Crippen LogP contribution in [0.1, 0.15) is 35.7 Å². The fourth-order valence-corrected chi connectivity index (χ4v) is 3.68. The smallest absolute Gasteiger partial charge is 0.323 e. The highest BCUT2D eigenvalue weighted by Gasteiger charge is 2.16. The van der Waals surface area contributed by atoms with Crippen LogP contribution in [0.25, 0.3) is 0 Å². The highest BCUT2D eigenvalue weighted by Crippen LogP contribution is 2.23. The molecule has 1 heterocycles. The van der Waals surface area contributed by atoms with Gasteiger partial charge in [0.2, 0.25) is 0 Å². The Morgan fingerprint density at radius 2 is 1.64 bits per heavy atom. The number of amides is 3. The summed E-state index contributed by atoms with van der Waals surface area (Å²) in [5.74, 6) is 0.266. The Labute approximate surface area is 196 Å². The van der Waals surface area contributed by atoms with E-state index in [1.165, 1.54) is 5.56 Å². The molecule has 178 valence electrons. The summed E-state index contributed by atoms with van der Waals surface area (Å²) in [6.07, 6.45) is 0. The van der Waals surface area contributed by atoms with Gasteiger partial charge in [-0.25, -0.2) is 4.79 Å². The first kappa shape index (κ1) is 24.5. The van der Waals surface area contributed by atoms with Crippen molar-refractivity contribution in [2.24, 2.45) is 0 Å². The summed E-state index contributed by atoms with van der Waals surface area (Å²) >= 11 is 0. The molecule has 1 aliphatic heterocycles. The van der Waals surface area contributed by atoms with Gasteiger partial charge in [-0.2, -0.15) is 0 Å². The Morgan fingerprint density at radius 3 is 2.27 bits per heavy atom. The molecule has 3 amide bonds. The third-order valence-electron chi connectivity index (χ3n) is 5.63. The number of urea groups is 1. The molecule has 0 aromatic heterocycles. The van der Waals surface area contributed by atoms with E-state index in [9.17, 15) is 9.59 Å². The minimum absolute atomic E-state index is 0.166. The monoisotopic (exact) mass is 453 g/mol. The van der Waals surface area contributed by atoms with Gasteiger partial charge >= 0.3 is 6.03 Å². The maximum absolute atomic E-state index is 12.9. The van der Waals surface area contributed by atoms with E-state index in [1.807, 2.05) is 49.3 Å². The summed E-state index contributed by atoms with van der Waals surface area (Å²) in [6.45, 7) is 8.82. The van der Waals surface area contributed by atoms with Crippen LogP contribution in [0, 0.1) is 0 Å². The molecular weight excluding hydrogens is 418 g/mol. The summed E-state index contributed by atoms with van der Waals surface area (Å²) in [4.78, 5) is 29.6. The second kappa shape index (κ2) is 11.7. The van der Waals surface area contributed by atoms with Gasteiger partial charge in [0, 0.05) is 57.3 Å². The molecule has 0 bridgehead atoms. The molecule has 0 atom stereocenters. The number of hydrogen-bond acceptors (Lipinski definition) is 5. The molecule has 8 heteroatoms. The number of carbonyl (C=O) groups is 2. The molecular formula is C25H35N5O3. The van der Waals surface area contributed by atoms with E-state index in [4.69, 9.17) is 4.74 Å². The first-order valence-electron chi connectivity index (χ1n) is 11.4. The van der Waals surface area contributed by atoms with Gasteiger partial charge in [-0.1, -0.05) is 26.0 Å². The lowest BCUT2D eigenvalue weighted by Gasteiger charge is -2.26. The third kappa shape index (κ3) is 7.20. The topological polar surface area (TPSA) is 85.9 Å². The lowest BCUT2D eigenvalue weighted by Crippen LogP contribution is -2.41. The van der Waals surface area contributed by atoms with Crippen molar-refractivity contribution in [2.75, 3.05) is 69.0 Å². The first-order chi connectivity index (χ1) is 15.8. The molecule has 2 aromatic rings. The molecule has 1 fully saturated rings. The Kier molecular flexibility index (Phi) is 8.68. The van der Waals surface area contributed by atoms with E-state index >= 15 is 0 Å². The molecule has 0 saturated carbocycles. The lowest BCUT2D eigenvalue weighted by molar-refractivity contribution is 0.0383. The van der Waals surface area contributed by atoms with Crippen LogP contribution in [-0.4, -0.2) is 70.3 Å². The van der Waals surface area contributed by atoms with E-state index in [-0.39, 0.29) is 11.9 Å². The van der Waals surface area contributed by atoms with Crippen molar-refractivity contribution in [2.45, 2.75) is 19.8 Å². The summed E-state index contributed by atoms with van der Waals surface area (Å²) in [5, 5.41) is 8.66. The van der Waals surface area contributed by atoms with Gasteiger partial charge < -0.3 is 25.6 Å². The number of ether oxygens (including phenoxy) is 1. The van der Waals surface area contributed by atoms with Crippen molar-refractivity contribution in [3.63, 3.8) is 0 Å². The predicted octanol–water partition coefficient (Wildman–Crippen LogP) is 3.58. The summed E-state index contributed by atoms with van der Waals surface area (Å²) in [5.41, 5.74) is 3.78. The van der Waals surface area contributed by atoms with Crippen molar-refractivity contribution in [1.82, 2.24) is 10.2 Å². The maximum atomic E-state index is 12.9.